The Hall–Kier alpha value is -2.56. The molecule has 2 N–H and O–H groups in total. The lowest BCUT2D eigenvalue weighted by Crippen LogP contribution is -2.00. The zero-order valence-corrected chi connectivity index (χ0v) is 8.79. The van der Waals surface area contributed by atoms with E-state index >= 15 is 0 Å². The molecule has 0 aromatic carbocycles. The molecule has 0 saturated heterocycles. The van der Waals surface area contributed by atoms with E-state index in [1.807, 2.05) is 30.6 Å². The summed E-state index contributed by atoms with van der Waals surface area (Å²) in [6.45, 7) is 0. The minimum atomic E-state index is -1.02. The van der Waals surface area contributed by atoms with E-state index < -0.39 is 5.97 Å². The molecule has 0 aliphatic heterocycles. The standard InChI is InChI=1S/C12H9N3O2/c16-12(17)11-5-9-4-8(6-15(9)7-14-11)10-2-1-3-13-10/h1-7,13H,(H,16,17). The number of carboxylic acids is 1. The molecular formula is C12H9N3O2. The van der Waals surface area contributed by atoms with E-state index in [2.05, 4.69) is 9.97 Å². The highest BCUT2D eigenvalue weighted by atomic mass is 16.4. The fraction of sp³-hybridized carbons (Fsp3) is 0. The van der Waals surface area contributed by atoms with Gasteiger partial charge in [0.2, 0.25) is 0 Å². The summed E-state index contributed by atoms with van der Waals surface area (Å²) < 4.78 is 1.79. The lowest BCUT2D eigenvalue weighted by molar-refractivity contribution is 0.0690. The van der Waals surface area contributed by atoms with Gasteiger partial charge in [0, 0.05) is 29.2 Å². The van der Waals surface area contributed by atoms with Crippen molar-refractivity contribution in [3.05, 3.63) is 48.7 Å². The number of aromatic carboxylic acids is 1. The number of nitrogens with one attached hydrogen (secondary N) is 1. The molecule has 5 nitrogen and oxygen atoms in total. The summed E-state index contributed by atoms with van der Waals surface area (Å²) >= 11 is 0. The monoisotopic (exact) mass is 227 g/mol. The first-order valence-electron chi connectivity index (χ1n) is 5.09. The number of hydrogen-bond donors (Lipinski definition) is 2. The van der Waals surface area contributed by atoms with Crippen LogP contribution in [0.2, 0.25) is 0 Å². The number of rotatable bonds is 2. The summed E-state index contributed by atoms with van der Waals surface area (Å²) in [5.41, 5.74) is 2.85. The summed E-state index contributed by atoms with van der Waals surface area (Å²) in [5, 5.41) is 8.86. The topological polar surface area (TPSA) is 70.4 Å². The summed E-state index contributed by atoms with van der Waals surface area (Å²) in [6.07, 6.45) is 5.25. The second-order valence-corrected chi connectivity index (χ2v) is 3.72. The van der Waals surface area contributed by atoms with Crippen LogP contribution in [-0.4, -0.2) is 25.4 Å². The van der Waals surface area contributed by atoms with E-state index in [1.165, 1.54) is 6.33 Å². The molecule has 3 rings (SSSR count). The third-order valence-electron chi connectivity index (χ3n) is 2.61. The van der Waals surface area contributed by atoms with Gasteiger partial charge in [-0.1, -0.05) is 0 Å². The first-order chi connectivity index (χ1) is 8.24. The minimum Gasteiger partial charge on any atom is -0.477 e. The van der Waals surface area contributed by atoms with E-state index in [4.69, 9.17) is 5.11 Å². The van der Waals surface area contributed by atoms with E-state index in [0.717, 1.165) is 16.8 Å². The van der Waals surface area contributed by atoms with Gasteiger partial charge in [-0.25, -0.2) is 9.78 Å². The van der Waals surface area contributed by atoms with E-state index in [-0.39, 0.29) is 5.69 Å². The fourth-order valence-corrected chi connectivity index (χ4v) is 1.79. The van der Waals surface area contributed by atoms with Crippen LogP contribution < -0.4 is 0 Å². The molecule has 3 aromatic rings. The molecule has 0 bridgehead atoms. The highest BCUT2D eigenvalue weighted by molar-refractivity contribution is 5.87. The number of carbonyl (C=O) groups is 1. The van der Waals surface area contributed by atoms with Crippen LogP contribution in [0.15, 0.2) is 43.0 Å². The van der Waals surface area contributed by atoms with Crippen molar-refractivity contribution in [1.82, 2.24) is 14.4 Å². The Balaban J connectivity index is 2.16. The number of H-pyrrole nitrogens is 1. The maximum absolute atomic E-state index is 10.8. The highest BCUT2D eigenvalue weighted by Gasteiger charge is 2.07. The van der Waals surface area contributed by atoms with Crippen LogP contribution in [0.25, 0.3) is 16.8 Å². The van der Waals surface area contributed by atoms with Crippen LogP contribution in [0.5, 0.6) is 0 Å². The number of nitrogens with zero attached hydrogens (tertiary/aromatic N) is 2. The van der Waals surface area contributed by atoms with Crippen LogP contribution in [0.1, 0.15) is 10.5 Å². The van der Waals surface area contributed by atoms with Crippen LogP contribution in [0.3, 0.4) is 0 Å². The summed E-state index contributed by atoms with van der Waals surface area (Å²) in [7, 11) is 0. The smallest absolute Gasteiger partial charge is 0.354 e. The Bertz CT molecular complexity index is 683. The Morgan fingerprint density at radius 3 is 3.00 bits per heavy atom. The molecule has 0 spiro atoms. The van der Waals surface area contributed by atoms with Gasteiger partial charge in [-0.05, 0) is 24.3 Å². The van der Waals surface area contributed by atoms with Gasteiger partial charge >= 0.3 is 5.97 Å². The normalized spacial score (nSPS) is 10.8. The van der Waals surface area contributed by atoms with Crippen molar-refractivity contribution in [2.24, 2.45) is 0 Å². The first kappa shape index (κ1) is 9.65. The van der Waals surface area contributed by atoms with E-state index in [9.17, 15) is 4.79 Å². The summed E-state index contributed by atoms with van der Waals surface area (Å²) in [6, 6.07) is 7.34. The van der Waals surface area contributed by atoms with Crippen LogP contribution >= 0.6 is 0 Å². The summed E-state index contributed by atoms with van der Waals surface area (Å²) in [4.78, 5) is 17.8. The van der Waals surface area contributed by atoms with Gasteiger partial charge in [-0.3, -0.25) is 0 Å². The SMILES string of the molecule is O=C(O)c1cc2cc(-c3ccc[nH]3)cn2cn1. The number of aromatic amines is 1. The predicted molar refractivity (Wildman–Crippen MR) is 61.9 cm³/mol. The molecule has 0 aliphatic carbocycles. The van der Waals surface area contributed by atoms with E-state index in [1.54, 1.807) is 10.5 Å². The van der Waals surface area contributed by atoms with Crippen molar-refractivity contribution < 1.29 is 9.90 Å². The third-order valence-corrected chi connectivity index (χ3v) is 2.61. The van der Waals surface area contributed by atoms with Gasteiger partial charge in [0.15, 0.2) is 5.69 Å². The molecule has 17 heavy (non-hydrogen) atoms. The largest absolute Gasteiger partial charge is 0.477 e. The van der Waals surface area contributed by atoms with Gasteiger partial charge in [0.05, 0.1) is 0 Å². The van der Waals surface area contributed by atoms with Crippen molar-refractivity contribution in [2.75, 3.05) is 0 Å². The number of carboxylic acid groups (broad SMARTS) is 1. The Labute approximate surface area is 96.4 Å². The van der Waals surface area contributed by atoms with Crippen molar-refractivity contribution >= 4 is 11.5 Å². The average molecular weight is 227 g/mol. The van der Waals surface area contributed by atoms with Crippen molar-refractivity contribution in [2.45, 2.75) is 0 Å². The maximum Gasteiger partial charge on any atom is 0.354 e. The molecular weight excluding hydrogens is 218 g/mol. The molecule has 0 aliphatic rings. The molecule has 0 radical (unpaired) electrons. The zero-order valence-electron chi connectivity index (χ0n) is 8.79. The molecule has 3 heterocycles. The van der Waals surface area contributed by atoms with Gasteiger partial charge < -0.3 is 14.5 Å². The van der Waals surface area contributed by atoms with Gasteiger partial charge in [0.1, 0.15) is 6.33 Å². The summed E-state index contributed by atoms with van der Waals surface area (Å²) in [5.74, 6) is -1.02. The van der Waals surface area contributed by atoms with Crippen LogP contribution in [-0.2, 0) is 0 Å². The maximum atomic E-state index is 10.8. The second kappa shape index (κ2) is 3.48. The van der Waals surface area contributed by atoms with Crippen LogP contribution in [0, 0.1) is 0 Å². The van der Waals surface area contributed by atoms with Gasteiger partial charge in [0.25, 0.3) is 0 Å². The van der Waals surface area contributed by atoms with Crippen molar-refractivity contribution in [3.8, 4) is 11.3 Å². The fourth-order valence-electron chi connectivity index (χ4n) is 1.79. The Morgan fingerprint density at radius 1 is 1.41 bits per heavy atom. The first-order valence-corrected chi connectivity index (χ1v) is 5.09. The molecule has 0 fully saturated rings. The second-order valence-electron chi connectivity index (χ2n) is 3.72. The van der Waals surface area contributed by atoms with Crippen LogP contribution in [0.4, 0.5) is 0 Å². The lowest BCUT2D eigenvalue weighted by Gasteiger charge is -1.95. The average Bonchev–Trinajstić information content (AvgIpc) is 2.96. The number of fused-ring (bicyclic) bond motifs is 1. The Morgan fingerprint density at radius 2 is 2.29 bits per heavy atom. The molecule has 0 amide bonds. The third kappa shape index (κ3) is 1.57. The van der Waals surface area contributed by atoms with Gasteiger partial charge in [-0.2, -0.15) is 0 Å². The zero-order chi connectivity index (χ0) is 11.8. The predicted octanol–water partition coefficient (Wildman–Crippen LogP) is 2.03. The van der Waals surface area contributed by atoms with Gasteiger partial charge in [-0.15, -0.1) is 0 Å². The van der Waals surface area contributed by atoms with E-state index in [0.29, 0.717) is 0 Å². The highest BCUT2D eigenvalue weighted by Crippen LogP contribution is 2.20. The molecule has 5 heteroatoms. The molecule has 3 aromatic heterocycles. The number of hydrogen-bond acceptors (Lipinski definition) is 2. The number of aromatic nitrogens is 3. The molecule has 0 saturated carbocycles. The molecule has 0 atom stereocenters. The van der Waals surface area contributed by atoms with Crippen molar-refractivity contribution in [1.29, 1.82) is 0 Å². The molecule has 84 valence electrons. The Kier molecular flexibility index (Phi) is 1.98. The quantitative estimate of drug-likeness (QED) is 0.703. The lowest BCUT2D eigenvalue weighted by atomic mass is 10.2. The minimum absolute atomic E-state index is 0.0497. The molecule has 0 unspecified atom stereocenters. The van der Waals surface area contributed by atoms with Crippen molar-refractivity contribution in [3.63, 3.8) is 0 Å².